The number of hydrogen-bond donors (Lipinski definition) is 2. The normalized spacial score (nSPS) is 14.1. The van der Waals surface area contributed by atoms with Gasteiger partial charge in [0, 0.05) is 38.0 Å². The maximum Gasteiger partial charge on any atom is 0.275 e. The van der Waals surface area contributed by atoms with Gasteiger partial charge in [0.05, 0.1) is 16.4 Å². The van der Waals surface area contributed by atoms with Crippen molar-refractivity contribution in [2.75, 3.05) is 36.4 Å². The number of carbonyl (C=O) groups is 1. The highest BCUT2D eigenvalue weighted by atomic mass is 32.1. The van der Waals surface area contributed by atoms with Gasteiger partial charge in [-0.15, -0.1) is 11.3 Å². The van der Waals surface area contributed by atoms with Crippen molar-refractivity contribution >= 4 is 28.6 Å². The van der Waals surface area contributed by atoms with E-state index in [1.165, 1.54) is 16.9 Å². The van der Waals surface area contributed by atoms with Gasteiger partial charge in [0.25, 0.3) is 5.91 Å². The lowest BCUT2D eigenvalue weighted by atomic mass is 10.2. The predicted octanol–water partition coefficient (Wildman–Crippen LogP) is 3.40. The minimum absolute atomic E-state index is 0.159. The van der Waals surface area contributed by atoms with Crippen molar-refractivity contribution in [1.29, 1.82) is 0 Å². The van der Waals surface area contributed by atoms with Crippen molar-refractivity contribution < 1.29 is 4.79 Å². The second kappa shape index (κ2) is 8.33. The van der Waals surface area contributed by atoms with Gasteiger partial charge in [0.15, 0.2) is 0 Å². The minimum atomic E-state index is -0.159. The average Bonchev–Trinajstić information content (AvgIpc) is 3.18. The fourth-order valence-corrected chi connectivity index (χ4v) is 4.02. The van der Waals surface area contributed by atoms with Crippen LogP contribution >= 0.6 is 11.3 Å². The Bertz CT molecular complexity index is 903. The van der Waals surface area contributed by atoms with Crippen LogP contribution in [0.25, 0.3) is 0 Å². The van der Waals surface area contributed by atoms with Crippen LogP contribution in [0.1, 0.15) is 21.1 Å². The van der Waals surface area contributed by atoms with Crippen molar-refractivity contribution in [3.05, 3.63) is 76.2 Å². The van der Waals surface area contributed by atoms with E-state index < -0.39 is 0 Å². The van der Waals surface area contributed by atoms with E-state index in [1.54, 1.807) is 0 Å². The molecule has 138 valence electrons. The summed E-state index contributed by atoms with van der Waals surface area (Å²) in [5, 5.41) is 9.18. The summed E-state index contributed by atoms with van der Waals surface area (Å²) < 4.78 is 0. The monoisotopic (exact) mass is 378 g/mol. The first kappa shape index (κ1) is 17.7. The zero-order valence-corrected chi connectivity index (χ0v) is 15.8. The first-order chi connectivity index (χ1) is 13.3. The molecule has 0 unspecified atom stereocenters. The molecule has 0 aliphatic carbocycles. The third kappa shape index (κ3) is 4.35. The van der Waals surface area contributed by atoms with Gasteiger partial charge in [-0.3, -0.25) is 4.79 Å². The first-order valence-electron chi connectivity index (χ1n) is 9.14. The number of anilines is 2. The highest BCUT2D eigenvalue weighted by Crippen LogP contribution is 2.26. The van der Waals surface area contributed by atoms with E-state index in [9.17, 15) is 4.79 Å². The number of nitrogens with zero attached hydrogens (tertiary/aromatic N) is 2. The molecule has 1 saturated heterocycles. The van der Waals surface area contributed by atoms with Gasteiger partial charge in [0.2, 0.25) is 0 Å². The third-order valence-corrected chi connectivity index (χ3v) is 5.44. The van der Waals surface area contributed by atoms with Crippen molar-refractivity contribution in [1.82, 2.24) is 10.3 Å². The second-order valence-electron chi connectivity index (χ2n) is 6.50. The lowest BCUT2D eigenvalue weighted by Crippen LogP contribution is -2.43. The highest BCUT2D eigenvalue weighted by Gasteiger charge is 2.17. The number of aromatic nitrogens is 1. The highest BCUT2D eigenvalue weighted by molar-refractivity contribution is 7.09. The number of amides is 1. The summed E-state index contributed by atoms with van der Waals surface area (Å²) in [5.74, 6) is -0.159. The molecule has 2 N–H and O–H groups in total. The van der Waals surface area contributed by atoms with Crippen LogP contribution in [0.3, 0.4) is 0 Å². The van der Waals surface area contributed by atoms with Gasteiger partial charge in [-0.1, -0.05) is 42.5 Å². The van der Waals surface area contributed by atoms with Crippen molar-refractivity contribution in [3.8, 4) is 0 Å². The van der Waals surface area contributed by atoms with Crippen LogP contribution in [-0.4, -0.2) is 37.1 Å². The fourth-order valence-electron chi connectivity index (χ4n) is 3.21. The van der Waals surface area contributed by atoms with Crippen LogP contribution in [0.2, 0.25) is 0 Å². The van der Waals surface area contributed by atoms with Crippen LogP contribution in [0, 0.1) is 0 Å². The zero-order valence-electron chi connectivity index (χ0n) is 15.0. The Balaban J connectivity index is 1.47. The molecule has 0 bridgehead atoms. The standard InChI is InChI=1S/C21H22N4OS/c26-21(18-15-27-20(23-18)14-16-6-2-1-3-7-16)24-17-8-4-5-9-19(17)25-12-10-22-11-13-25/h1-9,15,22H,10-14H2,(H,24,26). The van der Waals surface area contributed by atoms with Crippen LogP contribution in [0.15, 0.2) is 60.0 Å². The number of benzene rings is 2. The number of carbonyl (C=O) groups excluding carboxylic acids is 1. The van der Waals surface area contributed by atoms with E-state index in [4.69, 9.17) is 0 Å². The van der Waals surface area contributed by atoms with Gasteiger partial charge < -0.3 is 15.5 Å². The summed E-state index contributed by atoms with van der Waals surface area (Å²) in [7, 11) is 0. The Morgan fingerprint density at radius 3 is 2.63 bits per heavy atom. The molecule has 1 aliphatic heterocycles. The molecule has 0 spiro atoms. The summed E-state index contributed by atoms with van der Waals surface area (Å²) in [6.45, 7) is 3.78. The molecule has 1 aromatic heterocycles. The van der Waals surface area contributed by atoms with Crippen LogP contribution < -0.4 is 15.5 Å². The molecule has 6 heteroatoms. The molecule has 1 fully saturated rings. The Morgan fingerprint density at radius 2 is 1.81 bits per heavy atom. The minimum Gasteiger partial charge on any atom is -0.367 e. The molecule has 0 saturated carbocycles. The lowest BCUT2D eigenvalue weighted by molar-refractivity contribution is 0.102. The van der Waals surface area contributed by atoms with Crippen LogP contribution in [0.5, 0.6) is 0 Å². The molecule has 1 aliphatic rings. The largest absolute Gasteiger partial charge is 0.367 e. The number of nitrogens with one attached hydrogen (secondary N) is 2. The van der Waals surface area contributed by atoms with Gasteiger partial charge in [0.1, 0.15) is 5.69 Å². The van der Waals surface area contributed by atoms with Crippen LogP contribution in [0.4, 0.5) is 11.4 Å². The maximum atomic E-state index is 12.7. The molecule has 27 heavy (non-hydrogen) atoms. The summed E-state index contributed by atoms with van der Waals surface area (Å²) in [6.07, 6.45) is 0.746. The molecule has 4 rings (SSSR count). The van der Waals surface area contributed by atoms with Crippen molar-refractivity contribution in [3.63, 3.8) is 0 Å². The van der Waals surface area contributed by atoms with Gasteiger partial charge >= 0.3 is 0 Å². The molecule has 2 heterocycles. The number of para-hydroxylation sites is 2. The second-order valence-corrected chi connectivity index (χ2v) is 7.44. The lowest BCUT2D eigenvalue weighted by Gasteiger charge is -2.31. The molecule has 5 nitrogen and oxygen atoms in total. The predicted molar refractivity (Wildman–Crippen MR) is 111 cm³/mol. The van der Waals surface area contributed by atoms with Crippen molar-refractivity contribution in [2.24, 2.45) is 0 Å². The van der Waals surface area contributed by atoms with Gasteiger partial charge in [-0.25, -0.2) is 4.98 Å². The zero-order chi connectivity index (χ0) is 18.5. The molecular formula is C21H22N4OS. The summed E-state index contributed by atoms with van der Waals surface area (Å²) >= 11 is 1.52. The van der Waals surface area contributed by atoms with Gasteiger partial charge in [-0.05, 0) is 17.7 Å². The Hall–Kier alpha value is -2.70. The molecule has 0 radical (unpaired) electrons. The Labute approximate surface area is 163 Å². The molecule has 3 aromatic rings. The number of piperazine rings is 1. The topological polar surface area (TPSA) is 57.3 Å². The Kier molecular flexibility index (Phi) is 5.46. The SMILES string of the molecule is O=C(Nc1ccccc1N1CCNCC1)c1csc(Cc2ccccc2)n1. The van der Waals surface area contributed by atoms with E-state index in [2.05, 4.69) is 38.7 Å². The molecule has 0 atom stereocenters. The van der Waals surface area contributed by atoms with E-state index in [-0.39, 0.29) is 5.91 Å². The van der Waals surface area contributed by atoms with Crippen molar-refractivity contribution in [2.45, 2.75) is 6.42 Å². The Morgan fingerprint density at radius 1 is 1.07 bits per heavy atom. The first-order valence-corrected chi connectivity index (χ1v) is 10.0. The van der Waals surface area contributed by atoms with E-state index in [0.29, 0.717) is 5.69 Å². The molecule has 1 amide bonds. The third-order valence-electron chi connectivity index (χ3n) is 4.59. The van der Waals surface area contributed by atoms with E-state index in [1.807, 2.05) is 41.8 Å². The van der Waals surface area contributed by atoms with E-state index in [0.717, 1.165) is 49.0 Å². The summed E-state index contributed by atoms with van der Waals surface area (Å²) in [5.41, 5.74) is 3.57. The number of hydrogen-bond acceptors (Lipinski definition) is 5. The smallest absolute Gasteiger partial charge is 0.275 e. The average molecular weight is 379 g/mol. The van der Waals surface area contributed by atoms with E-state index >= 15 is 0 Å². The molecule has 2 aromatic carbocycles. The summed E-state index contributed by atoms with van der Waals surface area (Å²) in [4.78, 5) is 19.5. The number of rotatable bonds is 5. The molecular weight excluding hydrogens is 356 g/mol. The summed E-state index contributed by atoms with van der Waals surface area (Å²) in [6, 6.07) is 18.1. The quantitative estimate of drug-likeness (QED) is 0.715. The fraction of sp³-hybridized carbons (Fsp3) is 0.238. The maximum absolute atomic E-state index is 12.7. The number of thiazole rings is 1. The van der Waals surface area contributed by atoms with Gasteiger partial charge in [-0.2, -0.15) is 0 Å². The van der Waals surface area contributed by atoms with Crippen LogP contribution in [-0.2, 0) is 6.42 Å².